The van der Waals surface area contributed by atoms with Crippen molar-refractivity contribution in [2.24, 2.45) is 0 Å². The first-order chi connectivity index (χ1) is 7.54. The number of benzene rings is 1. The van der Waals surface area contributed by atoms with Crippen molar-refractivity contribution in [3.8, 4) is 0 Å². The number of anilines is 2. The van der Waals surface area contributed by atoms with Crippen molar-refractivity contribution in [2.75, 3.05) is 17.6 Å². The standard InChI is InChI=1S/C10H13Br2N3O/c1-2-3-14-10(16)15-9-7(12)4-6(11)5-8(9)13/h4-5H,2-3,13H2,1H3,(H2,14,15,16). The van der Waals surface area contributed by atoms with Gasteiger partial charge in [0.05, 0.1) is 11.4 Å². The van der Waals surface area contributed by atoms with E-state index in [4.69, 9.17) is 5.73 Å². The van der Waals surface area contributed by atoms with Gasteiger partial charge in [0, 0.05) is 15.5 Å². The van der Waals surface area contributed by atoms with E-state index in [-0.39, 0.29) is 6.03 Å². The van der Waals surface area contributed by atoms with Gasteiger partial charge in [-0.3, -0.25) is 0 Å². The molecule has 0 aliphatic heterocycles. The molecule has 6 heteroatoms. The lowest BCUT2D eigenvalue weighted by Crippen LogP contribution is -2.29. The molecule has 0 aromatic heterocycles. The number of rotatable bonds is 3. The Labute approximate surface area is 111 Å². The molecule has 1 rings (SSSR count). The summed E-state index contributed by atoms with van der Waals surface area (Å²) in [5.41, 5.74) is 6.88. The third-order valence-corrected chi connectivity index (χ3v) is 2.94. The van der Waals surface area contributed by atoms with E-state index in [1.54, 1.807) is 6.07 Å². The fourth-order valence-corrected chi connectivity index (χ4v) is 2.48. The van der Waals surface area contributed by atoms with Crippen LogP contribution in [-0.4, -0.2) is 12.6 Å². The molecule has 0 saturated carbocycles. The lowest BCUT2D eigenvalue weighted by molar-refractivity contribution is 0.252. The minimum atomic E-state index is -0.253. The zero-order chi connectivity index (χ0) is 12.1. The monoisotopic (exact) mass is 349 g/mol. The normalized spacial score (nSPS) is 9.94. The third kappa shape index (κ3) is 3.68. The molecular formula is C10H13Br2N3O. The first-order valence-corrected chi connectivity index (χ1v) is 6.42. The zero-order valence-electron chi connectivity index (χ0n) is 8.81. The summed E-state index contributed by atoms with van der Waals surface area (Å²) in [5.74, 6) is 0. The van der Waals surface area contributed by atoms with E-state index in [0.717, 1.165) is 15.4 Å². The van der Waals surface area contributed by atoms with Crippen molar-refractivity contribution >= 4 is 49.3 Å². The highest BCUT2D eigenvalue weighted by Gasteiger charge is 2.09. The quantitative estimate of drug-likeness (QED) is 0.732. The Hall–Kier alpha value is -0.750. The average Bonchev–Trinajstić information content (AvgIpc) is 2.20. The number of carbonyl (C=O) groups is 1. The lowest BCUT2D eigenvalue weighted by Gasteiger charge is -2.11. The fourth-order valence-electron chi connectivity index (χ4n) is 1.12. The van der Waals surface area contributed by atoms with Crippen molar-refractivity contribution in [2.45, 2.75) is 13.3 Å². The molecule has 0 spiro atoms. The van der Waals surface area contributed by atoms with Crippen molar-refractivity contribution in [3.05, 3.63) is 21.1 Å². The molecule has 2 amide bonds. The number of amides is 2. The summed E-state index contributed by atoms with van der Waals surface area (Å²) in [6.45, 7) is 2.63. The maximum absolute atomic E-state index is 11.5. The van der Waals surface area contributed by atoms with Gasteiger partial charge in [-0.05, 0) is 34.5 Å². The average molecular weight is 351 g/mol. The Morgan fingerprint density at radius 1 is 1.44 bits per heavy atom. The molecule has 0 aliphatic carbocycles. The van der Waals surface area contributed by atoms with E-state index in [0.29, 0.717) is 17.9 Å². The molecule has 88 valence electrons. The summed E-state index contributed by atoms with van der Waals surface area (Å²) >= 11 is 6.66. The van der Waals surface area contributed by atoms with Gasteiger partial charge in [0.25, 0.3) is 0 Å². The molecule has 1 aromatic carbocycles. The minimum absolute atomic E-state index is 0.253. The highest BCUT2D eigenvalue weighted by Crippen LogP contribution is 2.32. The molecule has 1 aromatic rings. The van der Waals surface area contributed by atoms with E-state index >= 15 is 0 Å². The van der Waals surface area contributed by atoms with Gasteiger partial charge in [-0.2, -0.15) is 0 Å². The summed E-state index contributed by atoms with van der Waals surface area (Å²) in [5, 5.41) is 5.41. The first kappa shape index (κ1) is 13.3. The van der Waals surface area contributed by atoms with Crippen LogP contribution < -0.4 is 16.4 Å². The number of nitrogen functional groups attached to an aromatic ring is 1. The zero-order valence-corrected chi connectivity index (χ0v) is 12.0. The van der Waals surface area contributed by atoms with E-state index in [9.17, 15) is 4.79 Å². The second kappa shape index (κ2) is 6.10. The first-order valence-electron chi connectivity index (χ1n) is 4.84. The van der Waals surface area contributed by atoms with Gasteiger partial charge in [-0.15, -0.1) is 0 Å². The van der Waals surface area contributed by atoms with E-state index in [2.05, 4.69) is 42.5 Å². The van der Waals surface area contributed by atoms with Crippen LogP contribution in [0.3, 0.4) is 0 Å². The summed E-state index contributed by atoms with van der Waals surface area (Å²) in [7, 11) is 0. The van der Waals surface area contributed by atoms with Crippen molar-refractivity contribution in [3.63, 3.8) is 0 Å². The molecule has 0 atom stereocenters. The Bertz CT molecular complexity index is 373. The number of nitrogens with one attached hydrogen (secondary N) is 2. The number of hydrogen-bond donors (Lipinski definition) is 3. The molecule has 0 heterocycles. The second-order valence-electron chi connectivity index (χ2n) is 3.23. The van der Waals surface area contributed by atoms with Crippen LogP contribution >= 0.6 is 31.9 Å². The SMILES string of the molecule is CCCNC(=O)Nc1c(N)cc(Br)cc1Br. The Kier molecular flexibility index (Phi) is 5.08. The summed E-state index contributed by atoms with van der Waals surface area (Å²) < 4.78 is 1.60. The number of carbonyl (C=O) groups excluding carboxylic acids is 1. The maximum Gasteiger partial charge on any atom is 0.319 e. The topological polar surface area (TPSA) is 67.2 Å². The third-order valence-electron chi connectivity index (χ3n) is 1.86. The van der Waals surface area contributed by atoms with Crippen LogP contribution in [-0.2, 0) is 0 Å². The largest absolute Gasteiger partial charge is 0.397 e. The molecule has 16 heavy (non-hydrogen) atoms. The van der Waals surface area contributed by atoms with Crippen LogP contribution in [0.15, 0.2) is 21.1 Å². The molecule has 4 N–H and O–H groups in total. The van der Waals surface area contributed by atoms with Crippen molar-refractivity contribution in [1.29, 1.82) is 0 Å². The fraction of sp³-hybridized carbons (Fsp3) is 0.300. The predicted molar refractivity (Wildman–Crippen MR) is 73.6 cm³/mol. The van der Waals surface area contributed by atoms with Gasteiger partial charge < -0.3 is 16.4 Å². The van der Waals surface area contributed by atoms with E-state index in [1.165, 1.54) is 0 Å². The molecule has 0 bridgehead atoms. The lowest BCUT2D eigenvalue weighted by atomic mass is 10.3. The number of urea groups is 1. The Morgan fingerprint density at radius 3 is 2.69 bits per heavy atom. The van der Waals surface area contributed by atoms with Gasteiger partial charge in [-0.1, -0.05) is 22.9 Å². The number of nitrogens with two attached hydrogens (primary N) is 1. The summed E-state index contributed by atoms with van der Waals surface area (Å²) in [6.07, 6.45) is 0.893. The molecular weight excluding hydrogens is 338 g/mol. The van der Waals surface area contributed by atoms with E-state index < -0.39 is 0 Å². The molecule has 0 fully saturated rings. The molecule has 4 nitrogen and oxygen atoms in total. The minimum Gasteiger partial charge on any atom is -0.397 e. The number of hydrogen-bond acceptors (Lipinski definition) is 2. The van der Waals surface area contributed by atoms with Crippen LogP contribution in [0.2, 0.25) is 0 Å². The number of halogens is 2. The second-order valence-corrected chi connectivity index (χ2v) is 5.00. The molecule has 0 saturated heterocycles. The molecule has 0 radical (unpaired) electrons. The van der Waals surface area contributed by atoms with Crippen LogP contribution in [0.4, 0.5) is 16.2 Å². The molecule has 0 aliphatic rings. The van der Waals surface area contributed by atoms with Crippen LogP contribution in [0.1, 0.15) is 13.3 Å². The van der Waals surface area contributed by atoms with Gasteiger partial charge in [-0.25, -0.2) is 4.79 Å². The highest BCUT2D eigenvalue weighted by molar-refractivity contribution is 9.11. The van der Waals surface area contributed by atoms with Gasteiger partial charge >= 0.3 is 6.03 Å². The highest BCUT2D eigenvalue weighted by atomic mass is 79.9. The van der Waals surface area contributed by atoms with Gasteiger partial charge in [0.15, 0.2) is 0 Å². The van der Waals surface area contributed by atoms with Crippen molar-refractivity contribution in [1.82, 2.24) is 5.32 Å². The van der Waals surface area contributed by atoms with E-state index in [1.807, 2.05) is 13.0 Å². The van der Waals surface area contributed by atoms with Crippen molar-refractivity contribution < 1.29 is 4.79 Å². The van der Waals surface area contributed by atoms with Gasteiger partial charge in [0.2, 0.25) is 0 Å². The van der Waals surface area contributed by atoms with Gasteiger partial charge in [0.1, 0.15) is 0 Å². The Morgan fingerprint density at radius 2 is 2.12 bits per heavy atom. The molecule has 0 unspecified atom stereocenters. The Balaban J connectivity index is 2.77. The smallest absolute Gasteiger partial charge is 0.319 e. The summed E-state index contributed by atoms with van der Waals surface area (Å²) in [4.78, 5) is 11.5. The maximum atomic E-state index is 11.5. The van der Waals surface area contributed by atoms with Crippen LogP contribution in [0.5, 0.6) is 0 Å². The predicted octanol–water partition coefficient (Wildman–Crippen LogP) is 3.33. The summed E-state index contributed by atoms with van der Waals surface area (Å²) in [6, 6.07) is 3.31. The van der Waals surface area contributed by atoms with Crippen LogP contribution in [0, 0.1) is 0 Å². The van der Waals surface area contributed by atoms with Crippen LogP contribution in [0.25, 0.3) is 0 Å².